The molecule has 0 unspecified atom stereocenters. The van der Waals surface area contributed by atoms with Crippen molar-refractivity contribution in [3.05, 3.63) is 48.0 Å². The Kier molecular flexibility index (Phi) is 6.54. The van der Waals surface area contributed by atoms with Crippen LogP contribution in [0.3, 0.4) is 0 Å². The number of aryl methyl sites for hydroxylation is 1. The molecule has 0 atom stereocenters. The van der Waals surface area contributed by atoms with Crippen LogP contribution in [0.4, 0.5) is 10.1 Å². The molecule has 130 valence electrons. The van der Waals surface area contributed by atoms with Gasteiger partial charge in [0.25, 0.3) is 5.91 Å². The molecule has 1 fully saturated rings. The van der Waals surface area contributed by atoms with E-state index in [1.165, 1.54) is 25.3 Å². The number of nitrogens with zero attached hydrogens (tertiary/aromatic N) is 2. The molecule has 6 heteroatoms. The van der Waals surface area contributed by atoms with Crippen LogP contribution in [-0.2, 0) is 11.3 Å². The summed E-state index contributed by atoms with van der Waals surface area (Å²) in [5.41, 5.74) is 1.000. The zero-order valence-corrected chi connectivity index (χ0v) is 15.4. The maximum Gasteiger partial charge on any atom is 0.292 e. The van der Waals surface area contributed by atoms with Crippen molar-refractivity contribution < 1.29 is 30.8 Å². The molecule has 4 nitrogen and oxygen atoms in total. The number of amides is 1. The fourth-order valence-corrected chi connectivity index (χ4v) is 3.32. The van der Waals surface area contributed by atoms with Crippen molar-refractivity contribution in [2.24, 2.45) is 0 Å². The van der Waals surface area contributed by atoms with Crippen molar-refractivity contribution >= 4 is 11.6 Å². The summed E-state index contributed by atoms with van der Waals surface area (Å²) in [6, 6.07) is 7.21. The van der Waals surface area contributed by atoms with Crippen molar-refractivity contribution in [1.82, 2.24) is 4.68 Å². The lowest BCUT2D eigenvalue weighted by atomic mass is 9.96. The van der Waals surface area contributed by atoms with Gasteiger partial charge in [-0.3, -0.25) is 4.79 Å². The highest BCUT2D eigenvalue weighted by Crippen LogP contribution is 2.26. The molecule has 1 N–H and O–H groups in total. The van der Waals surface area contributed by atoms with E-state index in [-0.39, 0.29) is 35.1 Å². The number of anilines is 1. The van der Waals surface area contributed by atoms with Crippen LogP contribution in [0.2, 0.25) is 0 Å². The molecule has 0 bridgehead atoms. The average Bonchev–Trinajstić information content (AvgIpc) is 3.00. The topological polar surface area (TPSA) is 37.9 Å². The summed E-state index contributed by atoms with van der Waals surface area (Å²) in [7, 11) is 0. The molecule has 2 aromatic rings. The van der Waals surface area contributed by atoms with E-state index >= 15 is 0 Å². The van der Waals surface area contributed by atoms with Crippen molar-refractivity contribution in [3.63, 3.8) is 0 Å². The summed E-state index contributed by atoms with van der Waals surface area (Å²) < 4.78 is 17.9. The smallest absolute Gasteiger partial charge is 0.292 e. The minimum absolute atomic E-state index is 0. The first kappa shape index (κ1) is 18.6. The number of halogens is 2. The highest BCUT2D eigenvalue weighted by atomic mass is 79.9. The zero-order valence-electron chi connectivity index (χ0n) is 13.8. The lowest BCUT2D eigenvalue weighted by Crippen LogP contribution is -3.00. The Morgan fingerprint density at radius 3 is 2.75 bits per heavy atom. The number of hydrogen-bond acceptors (Lipinski definition) is 1. The monoisotopic (exact) mass is 395 g/mol. The van der Waals surface area contributed by atoms with Gasteiger partial charge in [-0.2, -0.15) is 4.68 Å². The van der Waals surface area contributed by atoms with E-state index in [4.69, 9.17) is 0 Å². The van der Waals surface area contributed by atoms with Crippen molar-refractivity contribution in [2.45, 2.75) is 51.6 Å². The highest BCUT2D eigenvalue weighted by Gasteiger charge is 2.23. The minimum Gasteiger partial charge on any atom is -1.00 e. The summed E-state index contributed by atoms with van der Waals surface area (Å²) in [5.74, 6) is -0.607. The number of para-hydroxylation sites is 1. The molecular weight excluding hydrogens is 373 g/mol. The van der Waals surface area contributed by atoms with Crippen molar-refractivity contribution in [3.8, 4) is 0 Å². The normalized spacial score (nSPS) is 14.9. The molecule has 24 heavy (non-hydrogen) atoms. The van der Waals surface area contributed by atoms with E-state index in [0.717, 1.165) is 18.4 Å². The predicted molar refractivity (Wildman–Crippen MR) is 86.5 cm³/mol. The van der Waals surface area contributed by atoms with Crippen LogP contribution in [0.25, 0.3) is 0 Å². The quantitative estimate of drug-likeness (QED) is 0.746. The summed E-state index contributed by atoms with van der Waals surface area (Å²) in [5, 5.41) is 2.70. The molecule has 1 amide bonds. The number of hydrogen-bond donors (Lipinski definition) is 1. The molecule has 0 saturated heterocycles. The number of carbonyl (C=O) groups is 1. The zero-order chi connectivity index (χ0) is 16.2. The van der Waals surface area contributed by atoms with E-state index < -0.39 is 5.82 Å². The number of carbonyl (C=O) groups excluding carboxylic acids is 1. The predicted octanol–water partition coefficient (Wildman–Crippen LogP) is 0.371. The second-order valence-electron chi connectivity index (χ2n) is 6.24. The maximum atomic E-state index is 13.8. The van der Waals surface area contributed by atoms with Gasteiger partial charge in [0.1, 0.15) is 5.82 Å². The summed E-state index contributed by atoms with van der Waals surface area (Å²) in [6.45, 7) is 1.98. The van der Waals surface area contributed by atoms with E-state index in [2.05, 4.69) is 10.00 Å². The molecule has 3 rings (SSSR count). The SMILES string of the molecule is Cc1cccc(F)c1NC(=O)C[n+]1cccn1C1CCCCC1.[Br-]. The van der Waals surface area contributed by atoms with Crippen LogP contribution >= 0.6 is 0 Å². The van der Waals surface area contributed by atoms with Gasteiger partial charge in [0.15, 0.2) is 6.20 Å². The van der Waals surface area contributed by atoms with E-state index in [1.807, 2.05) is 23.1 Å². The second kappa shape index (κ2) is 8.42. The summed E-state index contributed by atoms with van der Waals surface area (Å²) in [6.07, 6.45) is 10.0. The third-order valence-electron chi connectivity index (χ3n) is 4.53. The van der Waals surface area contributed by atoms with Crippen LogP contribution in [0.1, 0.15) is 43.7 Å². The fourth-order valence-electron chi connectivity index (χ4n) is 3.32. The summed E-state index contributed by atoms with van der Waals surface area (Å²) >= 11 is 0. The molecule has 0 aliphatic heterocycles. The van der Waals surface area contributed by atoms with E-state index in [9.17, 15) is 9.18 Å². The van der Waals surface area contributed by atoms with Crippen LogP contribution in [-0.4, -0.2) is 10.6 Å². The number of aromatic nitrogens is 2. The van der Waals surface area contributed by atoms with Gasteiger partial charge in [-0.05, 0) is 31.4 Å². The van der Waals surface area contributed by atoms with Crippen molar-refractivity contribution in [2.75, 3.05) is 5.32 Å². The highest BCUT2D eigenvalue weighted by molar-refractivity contribution is 5.90. The minimum atomic E-state index is -0.397. The Balaban J connectivity index is 0.00000208. The molecule has 1 aliphatic carbocycles. The van der Waals surface area contributed by atoms with Crippen LogP contribution in [0.15, 0.2) is 36.7 Å². The van der Waals surface area contributed by atoms with Gasteiger partial charge in [-0.1, -0.05) is 31.4 Å². The third-order valence-corrected chi connectivity index (χ3v) is 4.53. The molecule has 1 saturated carbocycles. The first-order chi connectivity index (χ1) is 11.1. The lowest BCUT2D eigenvalue weighted by molar-refractivity contribution is -0.767. The Morgan fingerprint density at radius 1 is 1.29 bits per heavy atom. The molecule has 0 spiro atoms. The van der Waals surface area contributed by atoms with Gasteiger partial charge in [0.2, 0.25) is 6.54 Å². The van der Waals surface area contributed by atoms with Gasteiger partial charge in [0, 0.05) is 6.07 Å². The second-order valence-corrected chi connectivity index (χ2v) is 6.24. The fraction of sp³-hybridized carbons (Fsp3) is 0.444. The van der Waals surface area contributed by atoms with Gasteiger partial charge < -0.3 is 22.3 Å². The average molecular weight is 396 g/mol. The van der Waals surface area contributed by atoms with Crippen LogP contribution in [0, 0.1) is 12.7 Å². The molecular formula is C18H23BrFN3O. The summed E-state index contributed by atoms with van der Waals surface area (Å²) in [4.78, 5) is 12.3. The third kappa shape index (κ3) is 4.23. The van der Waals surface area contributed by atoms with E-state index in [1.54, 1.807) is 19.1 Å². The largest absolute Gasteiger partial charge is 1.00 e. The van der Waals surface area contributed by atoms with E-state index in [0.29, 0.717) is 6.04 Å². The molecule has 1 aromatic heterocycles. The van der Waals surface area contributed by atoms with Gasteiger partial charge in [-0.15, -0.1) is 4.68 Å². The Hall–Kier alpha value is -1.69. The number of rotatable bonds is 4. The first-order valence-electron chi connectivity index (χ1n) is 8.26. The Bertz CT molecular complexity index is 675. The van der Waals surface area contributed by atoms with Gasteiger partial charge in [-0.25, -0.2) is 4.39 Å². The first-order valence-corrected chi connectivity index (χ1v) is 8.26. The van der Waals surface area contributed by atoms with Crippen LogP contribution < -0.4 is 27.0 Å². The Morgan fingerprint density at radius 2 is 2.04 bits per heavy atom. The Labute approximate surface area is 152 Å². The molecule has 0 radical (unpaired) electrons. The molecule has 1 heterocycles. The van der Waals surface area contributed by atoms with Gasteiger partial charge in [0.05, 0.1) is 17.9 Å². The number of nitrogens with one attached hydrogen (secondary N) is 1. The molecule has 1 aromatic carbocycles. The van der Waals surface area contributed by atoms with Crippen molar-refractivity contribution in [1.29, 1.82) is 0 Å². The number of benzene rings is 1. The molecule has 1 aliphatic rings. The van der Waals surface area contributed by atoms with Crippen LogP contribution in [0.5, 0.6) is 0 Å². The lowest BCUT2D eigenvalue weighted by Gasteiger charge is -2.20. The van der Waals surface area contributed by atoms with Gasteiger partial charge >= 0.3 is 0 Å². The standard InChI is InChI=1S/C18H22FN3O.BrH/c1-14-7-5-10-16(19)18(14)20-17(23)13-21-11-6-12-22(21)15-8-3-2-4-9-15;/h5-7,10-12,15H,2-4,8-9,13H2,1H3;1H. The maximum absolute atomic E-state index is 13.8.